The van der Waals surface area contributed by atoms with Gasteiger partial charge in [0.25, 0.3) is 5.69 Å². The number of methoxy groups -OCH3 is 1. The number of aromatic nitrogens is 3. The molecule has 0 atom stereocenters. The van der Waals surface area contributed by atoms with Gasteiger partial charge < -0.3 is 4.74 Å². The second kappa shape index (κ2) is 8.45. The largest absolute Gasteiger partial charge is 0.497 e. The molecule has 0 saturated carbocycles. The second-order valence-corrected chi connectivity index (χ2v) is 6.60. The molecule has 138 valence electrons. The predicted molar refractivity (Wildman–Crippen MR) is 104 cm³/mol. The summed E-state index contributed by atoms with van der Waals surface area (Å²) in [6.45, 7) is 2.02. The first-order valence-electron chi connectivity index (χ1n) is 8.14. The molecule has 3 aromatic rings. The zero-order valence-corrected chi connectivity index (χ0v) is 15.6. The van der Waals surface area contributed by atoms with Crippen molar-refractivity contribution in [3.8, 4) is 17.1 Å². The van der Waals surface area contributed by atoms with Gasteiger partial charge in [-0.25, -0.2) is 0 Å². The topological polar surface area (TPSA) is 95.4 Å². The van der Waals surface area contributed by atoms with Crippen molar-refractivity contribution in [2.24, 2.45) is 5.10 Å². The number of nitro benzene ring substituents is 1. The van der Waals surface area contributed by atoms with Crippen molar-refractivity contribution in [3.05, 3.63) is 64.2 Å². The van der Waals surface area contributed by atoms with Gasteiger partial charge in [-0.15, -0.1) is 10.2 Å². The van der Waals surface area contributed by atoms with Crippen LogP contribution in [0.2, 0.25) is 0 Å². The average molecular weight is 383 g/mol. The first-order valence-corrected chi connectivity index (χ1v) is 9.12. The molecular formula is C18H17N5O3S. The molecule has 1 heterocycles. The van der Waals surface area contributed by atoms with Crippen LogP contribution in [0.15, 0.2) is 58.8 Å². The number of hydrogen-bond donors (Lipinski definition) is 0. The van der Waals surface area contributed by atoms with Crippen LogP contribution < -0.4 is 4.74 Å². The van der Waals surface area contributed by atoms with Crippen molar-refractivity contribution in [2.75, 3.05) is 12.9 Å². The summed E-state index contributed by atoms with van der Waals surface area (Å²) in [6, 6.07) is 13.7. The number of nitro groups is 1. The molecule has 0 unspecified atom stereocenters. The maximum absolute atomic E-state index is 10.8. The van der Waals surface area contributed by atoms with Gasteiger partial charge in [0.15, 0.2) is 5.82 Å². The summed E-state index contributed by atoms with van der Waals surface area (Å²) in [7, 11) is 1.61. The highest BCUT2D eigenvalue weighted by Gasteiger charge is 2.13. The lowest BCUT2D eigenvalue weighted by Crippen LogP contribution is -1.97. The minimum Gasteiger partial charge on any atom is -0.497 e. The van der Waals surface area contributed by atoms with Crippen LogP contribution in [0.1, 0.15) is 12.5 Å². The Hall–Kier alpha value is -3.20. The normalized spacial score (nSPS) is 11.0. The van der Waals surface area contributed by atoms with Gasteiger partial charge in [0.05, 0.1) is 18.2 Å². The Balaban J connectivity index is 1.94. The Morgan fingerprint density at radius 1 is 1.19 bits per heavy atom. The number of benzene rings is 2. The predicted octanol–water partition coefficient (Wildman–Crippen LogP) is 3.86. The van der Waals surface area contributed by atoms with Crippen LogP contribution in [0.5, 0.6) is 5.75 Å². The highest BCUT2D eigenvalue weighted by molar-refractivity contribution is 7.99. The van der Waals surface area contributed by atoms with E-state index in [2.05, 4.69) is 15.3 Å². The van der Waals surface area contributed by atoms with E-state index in [1.54, 1.807) is 30.1 Å². The quantitative estimate of drug-likeness (QED) is 0.266. The van der Waals surface area contributed by atoms with Crippen LogP contribution in [0, 0.1) is 10.1 Å². The van der Waals surface area contributed by atoms with E-state index in [-0.39, 0.29) is 5.69 Å². The Labute approximate surface area is 160 Å². The third-order valence-corrected chi connectivity index (χ3v) is 4.46. The zero-order chi connectivity index (χ0) is 19.2. The van der Waals surface area contributed by atoms with Crippen molar-refractivity contribution >= 4 is 23.7 Å². The lowest BCUT2D eigenvalue weighted by atomic mass is 10.2. The van der Waals surface area contributed by atoms with Crippen LogP contribution >= 0.6 is 11.8 Å². The fraction of sp³-hybridized carbons (Fsp3) is 0.167. The molecule has 3 rings (SSSR count). The fourth-order valence-corrected chi connectivity index (χ4v) is 2.93. The highest BCUT2D eigenvalue weighted by Crippen LogP contribution is 2.25. The lowest BCUT2D eigenvalue weighted by Gasteiger charge is -2.05. The molecule has 0 spiro atoms. The highest BCUT2D eigenvalue weighted by atomic mass is 32.2. The Bertz CT molecular complexity index is 952. The summed E-state index contributed by atoms with van der Waals surface area (Å²) in [6.07, 6.45) is 1.62. The molecule has 27 heavy (non-hydrogen) atoms. The molecule has 0 fully saturated rings. The van der Waals surface area contributed by atoms with Crippen molar-refractivity contribution in [2.45, 2.75) is 12.1 Å². The molecule has 2 aromatic carbocycles. The minimum atomic E-state index is -0.432. The smallest absolute Gasteiger partial charge is 0.269 e. The maximum Gasteiger partial charge on any atom is 0.269 e. The van der Waals surface area contributed by atoms with E-state index in [9.17, 15) is 10.1 Å². The van der Waals surface area contributed by atoms with Gasteiger partial charge in [-0.05, 0) is 47.7 Å². The van der Waals surface area contributed by atoms with E-state index in [0.29, 0.717) is 11.0 Å². The van der Waals surface area contributed by atoms with Gasteiger partial charge in [0.2, 0.25) is 5.16 Å². The molecular weight excluding hydrogens is 366 g/mol. The van der Waals surface area contributed by atoms with Gasteiger partial charge in [-0.1, -0.05) is 18.7 Å². The minimum absolute atomic E-state index is 0.0394. The standard InChI is InChI=1S/C18H17N5O3S/c1-3-27-18-21-20-17(14-6-10-16(26-2)11-7-14)22(18)19-12-13-4-8-15(9-5-13)23(24)25/h4-12H,3H2,1-2H3. The summed E-state index contributed by atoms with van der Waals surface area (Å²) in [4.78, 5) is 10.3. The summed E-state index contributed by atoms with van der Waals surface area (Å²) < 4.78 is 6.85. The van der Waals surface area contributed by atoms with Gasteiger partial charge in [0.1, 0.15) is 5.75 Å². The molecule has 0 aliphatic rings. The first-order chi connectivity index (χ1) is 13.1. The van der Waals surface area contributed by atoms with Crippen molar-refractivity contribution in [1.82, 2.24) is 14.9 Å². The number of hydrogen-bond acceptors (Lipinski definition) is 7. The number of ether oxygens (including phenoxy) is 1. The number of nitrogens with zero attached hydrogens (tertiary/aromatic N) is 5. The van der Waals surface area contributed by atoms with E-state index in [1.807, 2.05) is 31.2 Å². The van der Waals surface area contributed by atoms with Gasteiger partial charge in [-0.3, -0.25) is 10.1 Å². The van der Waals surface area contributed by atoms with Gasteiger partial charge >= 0.3 is 0 Å². The lowest BCUT2D eigenvalue weighted by molar-refractivity contribution is -0.384. The summed E-state index contributed by atoms with van der Waals surface area (Å²) in [5.74, 6) is 2.18. The monoisotopic (exact) mass is 383 g/mol. The van der Waals surface area contributed by atoms with Crippen molar-refractivity contribution < 1.29 is 9.66 Å². The van der Waals surface area contributed by atoms with Crippen LogP contribution in [0.4, 0.5) is 5.69 Å². The number of rotatable bonds is 7. The van der Waals surface area contributed by atoms with E-state index < -0.39 is 4.92 Å². The molecule has 0 N–H and O–H groups in total. The zero-order valence-electron chi connectivity index (χ0n) is 14.8. The third kappa shape index (κ3) is 4.32. The summed E-state index contributed by atoms with van der Waals surface area (Å²) in [5, 5.41) is 24.4. The molecule has 0 bridgehead atoms. The summed E-state index contributed by atoms with van der Waals surface area (Å²) >= 11 is 1.53. The van der Waals surface area contributed by atoms with Gasteiger partial charge in [-0.2, -0.15) is 9.78 Å². The van der Waals surface area contributed by atoms with Gasteiger partial charge in [0, 0.05) is 17.7 Å². The van der Waals surface area contributed by atoms with Crippen LogP contribution in [-0.4, -0.2) is 38.9 Å². The van der Waals surface area contributed by atoms with Crippen LogP contribution in [0.25, 0.3) is 11.4 Å². The molecule has 0 radical (unpaired) electrons. The van der Waals surface area contributed by atoms with E-state index in [0.717, 1.165) is 22.6 Å². The molecule has 0 aliphatic carbocycles. The van der Waals surface area contributed by atoms with Crippen molar-refractivity contribution in [3.63, 3.8) is 0 Å². The van der Waals surface area contributed by atoms with E-state index in [4.69, 9.17) is 4.74 Å². The number of thioether (sulfide) groups is 1. The molecule has 0 saturated heterocycles. The molecule has 1 aromatic heterocycles. The molecule has 0 aliphatic heterocycles. The SMILES string of the molecule is CCSc1nnc(-c2ccc(OC)cc2)n1N=Cc1ccc([N+](=O)[O-])cc1. The van der Waals surface area contributed by atoms with E-state index >= 15 is 0 Å². The average Bonchev–Trinajstić information content (AvgIpc) is 3.09. The molecule has 0 amide bonds. The molecule has 9 heteroatoms. The molecule has 8 nitrogen and oxygen atoms in total. The van der Waals surface area contributed by atoms with Crippen LogP contribution in [0.3, 0.4) is 0 Å². The fourth-order valence-electron chi connectivity index (χ4n) is 2.32. The van der Waals surface area contributed by atoms with Crippen molar-refractivity contribution in [1.29, 1.82) is 0 Å². The van der Waals surface area contributed by atoms with E-state index in [1.165, 1.54) is 23.9 Å². The Kier molecular flexibility index (Phi) is 5.82. The first kappa shape index (κ1) is 18.6. The Morgan fingerprint density at radius 3 is 2.48 bits per heavy atom. The number of non-ortho nitro benzene ring substituents is 1. The third-order valence-electron chi connectivity index (χ3n) is 3.66. The second-order valence-electron chi connectivity index (χ2n) is 5.37. The Morgan fingerprint density at radius 2 is 1.89 bits per heavy atom. The maximum atomic E-state index is 10.8. The van der Waals surface area contributed by atoms with Crippen LogP contribution in [-0.2, 0) is 0 Å². The summed E-state index contributed by atoms with van der Waals surface area (Å²) in [5.41, 5.74) is 1.63.